The van der Waals surface area contributed by atoms with E-state index in [-0.39, 0.29) is 6.54 Å². The number of aliphatic imine (C=N–C) groups is 1. The molecule has 5 nitrogen and oxygen atoms in total. The van der Waals surface area contributed by atoms with Crippen molar-refractivity contribution < 1.29 is 20.4 Å². The monoisotopic (exact) mass is 235 g/mol. The van der Waals surface area contributed by atoms with E-state index in [1.807, 2.05) is 24.3 Å². The van der Waals surface area contributed by atoms with Crippen LogP contribution >= 0.6 is 0 Å². The van der Waals surface area contributed by atoms with Crippen LogP contribution in [0.4, 0.5) is 0 Å². The number of carbonyl (C=O) groups excluding carboxylic acids is 1. The molecule has 0 heterocycles. The largest absolute Gasteiger partial charge is 0.477 e. The molecule has 0 spiro atoms. The first-order valence-electron chi connectivity index (χ1n) is 5.21. The molecule has 1 aromatic carbocycles. The van der Waals surface area contributed by atoms with Crippen LogP contribution in [-0.4, -0.2) is 36.2 Å². The Kier molecular flexibility index (Phi) is 5.03. The summed E-state index contributed by atoms with van der Waals surface area (Å²) in [6.07, 6.45) is 2.74. The van der Waals surface area contributed by atoms with Gasteiger partial charge >= 0.3 is 5.97 Å². The molecule has 90 valence electrons. The number of rotatable bonds is 6. The van der Waals surface area contributed by atoms with Crippen LogP contribution in [0.3, 0.4) is 0 Å². The highest BCUT2D eigenvalue weighted by molar-refractivity contribution is 5.80. The van der Waals surface area contributed by atoms with Gasteiger partial charge in [-0.1, -0.05) is 24.3 Å². The lowest BCUT2D eigenvalue weighted by Gasteiger charge is -2.03. The van der Waals surface area contributed by atoms with Gasteiger partial charge in [0.05, 0.1) is 6.54 Å². The SMILES string of the molecule is [NH3+]C(Cc1ccc(C=NCC=O)cc1)C(=O)O. The van der Waals surface area contributed by atoms with Crippen molar-refractivity contribution in [3.05, 3.63) is 35.4 Å². The van der Waals surface area contributed by atoms with Crippen molar-refractivity contribution in [1.82, 2.24) is 0 Å². The van der Waals surface area contributed by atoms with E-state index in [1.165, 1.54) is 0 Å². The molecule has 0 saturated heterocycles. The summed E-state index contributed by atoms with van der Waals surface area (Å²) in [7, 11) is 0. The Morgan fingerprint density at radius 3 is 2.59 bits per heavy atom. The van der Waals surface area contributed by atoms with Crippen LogP contribution in [0.1, 0.15) is 11.1 Å². The number of quaternary nitrogens is 1. The van der Waals surface area contributed by atoms with Gasteiger partial charge in [-0.3, -0.25) is 4.99 Å². The molecule has 0 fully saturated rings. The molecule has 0 bridgehead atoms. The average Bonchev–Trinajstić information content (AvgIpc) is 2.31. The summed E-state index contributed by atoms with van der Waals surface area (Å²) in [5, 5.41) is 8.72. The van der Waals surface area contributed by atoms with Gasteiger partial charge in [0.1, 0.15) is 6.29 Å². The molecule has 1 unspecified atom stereocenters. The van der Waals surface area contributed by atoms with E-state index in [9.17, 15) is 9.59 Å². The summed E-state index contributed by atoms with van der Waals surface area (Å²) < 4.78 is 0. The second kappa shape index (κ2) is 6.55. The van der Waals surface area contributed by atoms with E-state index in [2.05, 4.69) is 10.7 Å². The Morgan fingerprint density at radius 1 is 1.41 bits per heavy atom. The molecule has 4 N–H and O–H groups in total. The normalized spacial score (nSPS) is 12.5. The van der Waals surface area contributed by atoms with Gasteiger partial charge in [0.25, 0.3) is 0 Å². The minimum Gasteiger partial charge on any atom is -0.477 e. The molecule has 5 heteroatoms. The number of carboxylic acid groups (broad SMARTS) is 1. The number of carbonyl (C=O) groups is 2. The Hall–Kier alpha value is -2.01. The first-order valence-corrected chi connectivity index (χ1v) is 5.21. The highest BCUT2D eigenvalue weighted by atomic mass is 16.4. The van der Waals surface area contributed by atoms with E-state index in [0.29, 0.717) is 6.42 Å². The highest BCUT2D eigenvalue weighted by Crippen LogP contribution is 2.04. The number of hydrogen-bond donors (Lipinski definition) is 2. The van der Waals surface area contributed by atoms with Crippen molar-refractivity contribution in [3.8, 4) is 0 Å². The van der Waals surface area contributed by atoms with E-state index in [1.54, 1.807) is 6.21 Å². The fraction of sp³-hybridized carbons (Fsp3) is 0.250. The Morgan fingerprint density at radius 2 is 2.06 bits per heavy atom. The molecule has 0 amide bonds. The highest BCUT2D eigenvalue weighted by Gasteiger charge is 2.15. The quantitative estimate of drug-likeness (QED) is 0.516. The first-order chi connectivity index (χ1) is 8.13. The first kappa shape index (κ1) is 13.1. The van der Waals surface area contributed by atoms with Crippen LogP contribution in [-0.2, 0) is 16.0 Å². The van der Waals surface area contributed by atoms with Crippen molar-refractivity contribution in [1.29, 1.82) is 0 Å². The number of aliphatic carboxylic acids is 1. The van der Waals surface area contributed by atoms with Gasteiger partial charge in [0.15, 0.2) is 6.04 Å². The molecule has 0 saturated carbocycles. The molecule has 0 aliphatic heterocycles. The number of aldehydes is 1. The van der Waals surface area contributed by atoms with Crippen LogP contribution in [0.5, 0.6) is 0 Å². The Bertz CT molecular complexity index is 412. The third-order valence-electron chi connectivity index (χ3n) is 2.23. The summed E-state index contributed by atoms with van der Waals surface area (Å²) in [6.45, 7) is 0.154. The van der Waals surface area contributed by atoms with Crippen molar-refractivity contribution in [3.63, 3.8) is 0 Å². The lowest BCUT2D eigenvalue weighted by atomic mass is 10.1. The van der Waals surface area contributed by atoms with E-state index < -0.39 is 12.0 Å². The van der Waals surface area contributed by atoms with E-state index in [4.69, 9.17) is 5.11 Å². The van der Waals surface area contributed by atoms with Crippen molar-refractivity contribution in [2.75, 3.05) is 6.54 Å². The van der Waals surface area contributed by atoms with Crippen LogP contribution in [0, 0.1) is 0 Å². The topological polar surface area (TPSA) is 94.4 Å². The van der Waals surface area contributed by atoms with Crippen molar-refractivity contribution >= 4 is 18.5 Å². The second-order valence-corrected chi connectivity index (χ2v) is 3.64. The zero-order valence-electron chi connectivity index (χ0n) is 9.37. The van der Waals surface area contributed by atoms with Crippen LogP contribution in [0.2, 0.25) is 0 Å². The number of carboxylic acids is 1. The van der Waals surface area contributed by atoms with Gasteiger partial charge in [-0.2, -0.15) is 0 Å². The summed E-state index contributed by atoms with van der Waals surface area (Å²) in [5.74, 6) is -0.901. The number of hydrogen-bond acceptors (Lipinski definition) is 3. The Balaban J connectivity index is 2.61. The maximum absolute atomic E-state index is 10.6. The maximum atomic E-state index is 10.6. The third-order valence-corrected chi connectivity index (χ3v) is 2.23. The zero-order chi connectivity index (χ0) is 12.7. The molecule has 0 aliphatic carbocycles. The smallest absolute Gasteiger partial charge is 0.362 e. The molecule has 1 aromatic rings. The van der Waals surface area contributed by atoms with Gasteiger partial charge in [-0.25, -0.2) is 4.79 Å². The van der Waals surface area contributed by atoms with Crippen LogP contribution in [0.25, 0.3) is 0 Å². The minimum atomic E-state index is -0.901. The lowest BCUT2D eigenvalue weighted by Crippen LogP contribution is -2.65. The molecule has 0 aliphatic rings. The number of benzene rings is 1. The molecular formula is C12H15N2O3+. The van der Waals surface area contributed by atoms with Crippen LogP contribution < -0.4 is 5.73 Å². The second-order valence-electron chi connectivity index (χ2n) is 3.64. The summed E-state index contributed by atoms with van der Waals surface area (Å²) in [4.78, 5) is 24.6. The van der Waals surface area contributed by atoms with E-state index in [0.717, 1.165) is 17.4 Å². The summed E-state index contributed by atoms with van der Waals surface area (Å²) in [5.41, 5.74) is 5.35. The molecule has 1 rings (SSSR count). The van der Waals surface area contributed by atoms with Crippen molar-refractivity contribution in [2.45, 2.75) is 12.5 Å². The van der Waals surface area contributed by atoms with Crippen molar-refractivity contribution in [2.24, 2.45) is 4.99 Å². The third kappa shape index (κ3) is 4.56. The fourth-order valence-electron chi connectivity index (χ4n) is 1.31. The predicted molar refractivity (Wildman–Crippen MR) is 63.0 cm³/mol. The average molecular weight is 235 g/mol. The van der Waals surface area contributed by atoms with E-state index >= 15 is 0 Å². The zero-order valence-corrected chi connectivity index (χ0v) is 9.37. The van der Waals surface area contributed by atoms with Gasteiger partial charge in [-0.15, -0.1) is 0 Å². The molecule has 17 heavy (non-hydrogen) atoms. The van der Waals surface area contributed by atoms with Gasteiger partial charge in [0.2, 0.25) is 0 Å². The fourth-order valence-corrected chi connectivity index (χ4v) is 1.31. The van der Waals surface area contributed by atoms with Gasteiger partial charge in [-0.05, 0) is 11.1 Å². The van der Waals surface area contributed by atoms with Gasteiger partial charge < -0.3 is 15.6 Å². The standard InChI is InChI=1S/C12H14N2O3/c13-11(12(16)17)7-9-1-3-10(4-2-9)8-14-5-6-15/h1-4,6,8,11H,5,7,13H2,(H,16,17)/p+1. The number of nitrogens with zero attached hydrogens (tertiary/aromatic N) is 1. The van der Waals surface area contributed by atoms with Gasteiger partial charge in [0, 0.05) is 12.6 Å². The molecular weight excluding hydrogens is 220 g/mol. The maximum Gasteiger partial charge on any atom is 0.362 e. The molecule has 0 radical (unpaired) electrons. The van der Waals surface area contributed by atoms with Crippen LogP contribution in [0.15, 0.2) is 29.3 Å². The summed E-state index contributed by atoms with van der Waals surface area (Å²) >= 11 is 0. The molecule has 0 aromatic heterocycles. The lowest BCUT2D eigenvalue weighted by molar-refractivity contribution is -0.407. The molecule has 1 atom stereocenters. The predicted octanol–water partition coefficient (Wildman–Crippen LogP) is -0.458. The minimum absolute atomic E-state index is 0.154. The Labute approximate surface area is 99.0 Å². The summed E-state index contributed by atoms with van der Waals surface area (Å²) in [6, 6.07) is 6.70.